The molecule has 0 saturated carbocycles. The van der Waals surface area contributed by atoms with Crippen LogP contribution in [-0.2, 0) is 0 Å². The maximum Gasteiger partial charge on any atom is 0.0630 e. The predicted molar refractivity (Wildman–Crippen MR) is 92.9 cm³/mol. The van der Waals surface area contributed by atoms with Gasteiger partial charge in [-0.05, 0) is 34.1 Å². The second-order valence-electron chi connectivity index (χ2n) is 5.37. The molecule has 2 aromatic heterocycles. The van der Waals surface area contributed by atoms with Gasteiger partial charge in [-0.25, -0.2) is 0 Å². The van der Waals surface area contributed by atoms with Crippen molar-refractivity contribution in [2.45, 2.75) is 0 Å². The molecule has 0 aliphatic carbocycles. The van der Waals surface area contributed by atoms with Gasteiger partial charge in [-0.15, -0.1) is 0 Å². The normalized spacial score (nSPS) is 12.0. The van der Waals surface area contributed by atoms with Crippen LogP contribution in [0.2, 0.25) is 0 Å². The first kappa shape index (κ1) is 11.4. The molecule has 2 nitrogen and oxygen atoms in total. The van der Waals surface area contributed by atoms with E-state index < -0.39 is 0 Å². The Kier molecular flexibility index (Phi) is 2.11. The van der Waals surface area contributed by atoms with Crippen LogP contribution in [-0.4, -0.2) is 9.97 Å². The molecule has 0 saturated heterocycles. The summed E-state index contributed by atoms with van der Waals surface area (Å²) >= 11 is 3.72. The number of para-hydroxylation sites is 2. The Morgan fingerprint density at radius 1 is 0.667 bits per heavy atom. The van der Waals surface area contributed by atoms with E-state index in [1.807, 2.05) is 0 Å². The highest BCUT2D eigenvalue weighted by atomic mass is 79.9. The SMILES string of the molecule is Brc1cc2c3ccccc3[nH]c2c2c1[nH]c1ccccc12. The predicted octanol–water partition coefficient (Wildman–Crippen LogP) is 5.72. The Bertz CT molecular complexity index is 1150. The molecule has 0 fully saturated rings. The lowest BCUT2D eigenvalue weighted by atomic mass is 10.1. The molecule has 2 heterocycles. The molecular formula is C18H11BrN2. The van der Waals surface area contributed by atoms with Crippen molar-refractivity contribution in [1.82, 2.24) is 9.97 Å². The van der Waals surface area contributed by atoms with Gasteiger partial charge in [0.15, 0.2) is 0 Å². The summed E-state index contributed by atoms with van der Waals surface area (Å²) in [5, 5.41) is 5.03. The molecular weight excluding hydrogens is 324 g/mol. The molecule has 5 rings (SSSR count). The van der Waals surface area contributed by atoms with E-state index >= 15 is 0 Å². The number of nitrogens with one attached hydrogen (secondary N) is 2. The molecule has 0 radical (unpaired) electrons. The Hall–Kier alpha value is -2.26. The van der Waals surface area contributed by atoms with E-state index in [1.165, 1.54) is 38.1 Å². The average Bonchev–Trinajstić information content (AvgIpc) is 3.06. The zero-order valence-corrected chi connectivity index (χ0v) is 12.7. The fourth-order valence-corrected chi connectivity index (χ4v) is 3.82. The van der Waals surface area contributed by atoms with Crippen molar-refractivity contribution in [3.05, 3.63) is 59.1 Å². The van der Waals surface area contributed by atoms with Gasteiger partial charge < -0.3 is 9.97 Å². The van der Waals surface area contributed by atoms with E-state index in [-0.39, 0.29) is 0 Å². The minimum atomic E-state index is 1.10. The molecule has 0 bridgehead atoms. The molecule has 5 aromatic rings. The summed E-state index contributed by atoms with van der Waals surface area (Å²) in [5.41, 5.74) is 4.69. The Balaban J connectivity index is 2.17. The minimum absolute atomic E-state index is 1.10. The highest BCUT2D eigenvalue weighted by molar-refractivity contribution is 9.10. The van der Waals surface area contributed by atoms with Crippen LogP contribution < -0.4 is 0 Å². The van der Waals surface area contributed by atoms with Crippen molar-refractivity contribution < 1.29 is 0 Å². The van der Waals surface area contributed by atoms with Crippen LogP contribution >= 0.6 is 15.9 Å². The fraction of sp³-hybridized carbons (Fsp3) is 0. The highest BCUT2D eigenvalue weighted by Crippen LogP contribution is 2.39. The van der Waals surface area contributed by atoms with Gasteiger partial charge in [0, 0.05) is 37.1 Å². The van der Waals surface area contributed by atoms with E-state index in [0.717, 1.165) is 9.99 Å². The number of hydrogen-bond acceptors (Lipinski definition) is 0. The molecule has 0 aliphatic rings. The number of rotatable bonds is 0. The third-order valence-electron chi connectivity index (χ3n) is 4.21. The molecule has 0 atom stereocenters. The van der Waals surface area contributed by atoms with Crippen molar-refractivity contribution >= 4 is 59.5 Å². The van der Waals surface area contributed by atoms with Crippen molar-refractivity contribution in [3.63, 3.8) is 0 Å². The summed E-state index contributed by atoms with van der Waals surface area (Å²) in [6.45, 7) is 0. The third-order valence-corrected chi connectivity index (χ3v) is 4.84. The number of H-pyrrole nitrogens is 2. The smallest absolute Gasteiger partial charge is 0.0630 e. The summed E-state index contributed by atoms with van der Waals surface area (Å²) < 4.78 is 1.10. The molecule has 3 heteroatoms. The van der Waals surface area contributed by atoms with E-state index in [0.29, 0.717) is 0 Å². The quantitative estimate of drug-likeness (QED) is 0.363. The van der Waals surface area contributed by atoms with Gasteiger partial charge in [0.05, 0.1) is 11.0 Å². The Labute approximate surface area is 128 Å². The molecule has 2 N–H and O–H groups in total. The fourth-order valence-electron chi connectivity index (χ4n) is 3.29. The maximum absolute atomic E-state index is 3.72. The monoisotopic (exact) mass is 334 g/mol. The summed E-state index contributed by atoms with van der Waals surface area (Å²) in [6.07, 6.45) is 0. The van der Waals surface area contributed by atoms with Crippen LogP contribution in [0.3, 0.4) is 0 Å². The van der Waals surface area contributed by atoms with Gasteiger partial charge in [0.25, 0.3) is 0 Å². The second kappa shape index (κ2) is 3.89. The summed E-state index contributed by atoms with van der Waals surface area (Å²) in [4.78, 5) is 7.10. The van der Waals surface area contributed by atoms with Crippen molar-refractivity contribution in [1.29, 1.82) is 0 Å². The van der Waals surface area contributed by atoms with Crippen LogP contribution in [0, 0.1) is 0 Å². The van der Waals surface area contributed by atoms with Gasteiger partial charge in [0.1, 0.15) is 0 Å². The van der Waals surface area contributed by atoms with Crippen LogP contribution in [0.1, 0.15) is 0 Å². The van der Waals surface area contributed by atoms with E-state index in [2.05, 4.69) is 80.5 Å². The Morgan fingerprint density at radius 2 is 1.29 bits per heavy atom. The number of hydrogen-bond donors (Lipinski definition) is 2. The number of aromatic amines is 2. The summed E-state index contributed by atoms with van der Waals surface area (Å²) in [7, 11) is 0. The molecule has 0 aliphatic heterocycles. The highest BCUT2D eigenvalue weighted by Gasteiger charge is 2.14. The summed E-state index contributed by atoms with van der Waals surface area (Å²) in [6, 6.07) is 19.1. The average molecular weight is 335 g/mol. The van der Waals surface area contributed by atoms with Crippen LogP contribution in [0.25, 0.3) is 43.6 Å². The number of fused-ring (bicyclic) bond motifs is 7. The Morgan fingerprint density at radius 3 is 2.10 bits per heavy atom. The van der Waals surface area contributed by atoms with Crippen molar-refractivity contribution in [2.24, 2.45) is 0 Å². The van der Waals surface area contributed by atoms with E-state index in [1.54, 1.807) is 0 Å². The molecule has 21 heavy (non-hydrogen) atoms. The zero-order valence-electron chi connectivity index (χ0n) is 11.1. The zero-order chi connectivity index (χ0) is 14.0. The first-order valence-corrected chi connectivity index (χ1v) is 7.71. The first-order valence-electron chi connectivity index (χ1n) is 6.92. The number of aromatic nitrogens is 2. The lowest BCUT2D eigenvalue weighted by Gasteiger charge is -1.98. The maximum atomic E-state index is 3.72. The third kappa shape index (κ3) is 1.41. The first-order chi connectivity index (χ1) is 10.3. The van der Waals surface area contributed by atoms with Gasteiger partial charge in [-0.2, -0.15) is 0 Å². The molecule has 100 valence electrons. The van der Waals surface area contributed by atoms with E-state index in [9.17, 15) is 0 Å². The molecule has 0 amide bonds. The lowest BCUT2D eigenvalue weighted by Crippen LogP contribution is -1.75. The largest absolute Gasteiger partial charge is 0.354 e. The van der Waals surface area contributed by atoms with Crippen LogP contribution in [0.4, 0.5) is 0 Å². The van der Waals surface area contributed by atoms with E-state index in [4.69, 9.17) is 0 Å². The molecule has 3 aromatic carbocycles. The van der Waals surface area contributed by atoms with Gasteiger partial charge in [-0.1, -0.05) is 36.4 Å². The lowest BCUT2D eigenvalue weighted by molar-refractivity contribution is 1.53. The van der Waals surface area contributed by atoms with Gasteiger partial charge in [0.2, 0.25) is 0 Å². The van der Waals surface area contributed by atoms with Crippen LogP contribution in [0.15, 0.2) is 59.1 Å². The molecule has 0 unspecified atom stereocenters. The number of halogens is 1. The minimum Gasteiger partial charge on any atom is -0.354 e. The van der Waals surface area contributed by atoms with Crippen molar-refractivity contribution in [3.8, 4) is 0 Å². The van der Waals surface area contributed by atoms with Gasteiger partial charge >= 0.3 is 0 Å². The number of benzene rings is 3. The van der Waals surface area contributed by atoms with Crippen molar-refractivity contribution in [2.75, 3.05) is 0 Å². The summed E-state index contributed by atoms with van der Waals surface area (Å²) in [5.74, 6) is 0. The molecule has 0 spiro atoms. The topological polar surface area (TPSA) is 31.6 Å². The van der Waals surface area contributed by atoms with Gasteiger partial charge in [-0.3, -0.25) is 0 Å². The van der Waals surface area contributed by atoms with Crippen LogP contribution in [0.5, 0.6) is 0 Å². The second-order valence-corrected chi connectivity index (χ2v) is 6.23. The standard InChI is InChI=1S/C18H11BrN2/c19-13-9-12-10-5-1-3-7-14(10)20-17(12)16-11-6-2-4-8-15(11)21-18(13)16/h1-9,20-21H.